The number of fused-ring (bicyclic) bond motifs is 1. The highest BCUT2D eigenvalue weighted by atomic mass is 16.5. The first-order valence-corrected chi connectivity index (χ1v) is 6.31. The smallest absolute Gasteiger partial charge is 0.226 e. The molecule has 98 valence electrons. The summed E-state index contributed by atoms with van der Waals surface area (Å²) < 4.78 is 11.0. The molecule has 0 aliphatic carbocycles. The lowest BCUT2D eigenvalue weighted by molar-refractivity contribution is 0.325. The Hall–Kier alpha value is -2.30. The Morgan fingerprint density at radius 3 is 3.16 bits per heavy atom. The van der Waals surface area contributed by atoms with Crippen molar-refractivity contribution in [2.24, 2.45) is 0 Å². The molecule has 1 atom stereocenters. The average Bonchev–Trinajstić information content (AvgIpc) is 2.83. The number of ether oxygens (including phenoxy) is 2. The van der Waals surface area contributed by atoms with Crippen LogP contribution in [-0.2, 0) is 0 Å². The summed E-state index contributed by atoms with van der Waals surface area (Å²) in [5, 5.41) is 3.27. The summed E-state index contributed by atoms with van der Waals surface area (Å²) in [7, 11) is 0. The molecule has 3 rings (SSSR count). The summed E-state index contributed by atoms with van der Waals surface area (Å²) in [6.07, 6.45) is 1.68. The summed E-state index contributed by atoms with van der Waals surface area (Å²) in [6.45, 7) is 3.10. The predicted molar refractivity (Wildman–Crippen MR) is 71.5 cm³/mol. The maximum atomic E-state index is 5.61. The summed E-state index contributed by atoms with van der Waals surface area (Å²) in [4.78, 5) is 8.50. The Bertz CT molecular complexity index is 574. The SMILES string of the molecule is CCOc1ccnc(NC2COc3ccccc32)n1. The van der Waals surface area contributed by atoms with Gasteiger partial charge in [0.15, 0.2) is 0 Å². The van der Waals surface area contributed by atoms with Crippen molar-refractivity contribution in [3.05, 3.63) is 42.1 Å². The fraction of sp³-hybridized carbons (Fsp3) is 0.286. The van der Waals surface area contributed by atoms with E-state index >= 15 is 0 Å². The summed E-state index contributed by atoms with van der Waals surface area (Å²) in [5.41, 5.74) is 1.13. The van der Waals surface area contributed by atoms with Gasteiger partial charge >= 0.3 is 0 Å². The van der Waals surface area contributed by atoms with E-state index in [0.717, 1.165) is 11.3 Å². The number of anilines is 1. The van der Waals surface area contributed by atoms with Gasteiger partial charge in [0.05, 0.1) is 12.6 Å². The van der Waals surface area contributed by atoms with Crippen LogP contribution in [0, 0.1) is 0 Å². The molecule has 0 bridgehead atoms. The quantitative estimate of drug-likeness (QED) is 0.911. The number of aromatic nitrogens is 2. The summed E-state index contributed by atoms with van der Waals surface area (Å²) >= 11 is 0. The minimum absolute atomic E-state index is 0.0769. The fourth-order valence-corrected chi connectivity index (χ4v) is 2.08. The van der Waals surface area contributed by atoms with Crippen molar-refractivity contribution >= 4 is 5.95 Å². The van der Waals surface area contributed by atoms with Crippen molar-refractivity contribution in [3.8, 4) is 11.6 Å². The molecule has 1 aliphatic heterocycles. The van der Waals surface area contributed by atoms with Crippen LogP contribution in [0.5, 0.6) is 11.6 Å². The minimum atomic E-state index is 0.0769. The van der Waals surface area contributed by atoms with Crippen molar-refractivity contribution in [3.63, 3.8) is 0 Å². The van der Waals surface area contributed by atoms with E-state index in [-0.39, 0.29) is 6.04 Å². The molecule has 0 spiro atoms. The average molecular weight is 257 g/mol. The van der Waals surface area contributed by atoms with Crippen molar-refractivity contribution in [1.82, 2.24) is 9.97 Å². The number of nitrogens with zero attached hydrogens (tertiary/aromatic N) is 2. The second-order valence-electron chi connectivity index (χ2n) is 4.20. The standard InChI is InChI=1S/C14H15N3O2/c1-2-18-13-7-8-15-14(17-13)16-11-9-19-12-6-4-3-5-10(11)12/h3-8,11H,2,9H2,1H3,(H,15,16,17). The first-order valence-electron chi connectivity index (χ1n) is 6.31. The summed E-state index contributed by atoms with van der Waals surface area (Å²) in [6, 6.07) is 9.80. The van der Waals surface area contributed by atoms with Gasteiger partial charge in [0.25, 0.3) is 0 Å². The van der Waals surface area contributed by atoms with Crippen molar-refractivity contribution in [1.29, 1.82) is 0 Å². The number of benzene rings is 1. The third kappa shape index (κ3) is 2.45. The van der Waals surface area contributed by atoms with Gasteiger partial charge in [0.1, 0.15) is 12.4 Å². The first kappa shape index (κ1) is 11.8. The molecular weight excluding hydrogens is 242 g/mol. The zero-order valence-corrected chi connectivity index (χ0v) is 10.7. The Balaban J connectivity index is 1.77. The van der Waals surface area contributed by atoms with Gasteiger partial charge in [-0.05, 0) is 13.0 Å². The van der Waals surface area contributed by atoms with E-state index in [1.165, 1.54) is 0 Å². The predicted octanol–water partition coefficient (Wildman–Crippen LogP) is 2.42. The van der Waals surface area contributed by atoms with Crippen LogP contribution in [0.15, 0.2) is 36.5 Å². The third-order valence-electron chi connectivity index (χ3n) is 2.93. The Morgan fingerprint density at radius 2 is 2.26 bits per heavy atom. The highest BCUT2D eigenvalue weighted by Gasteiger charge is 2.24. The van der Waals surface area contributed by atoms with Crippen LogP contribution in [0.1, 0.15) is 18.5 Å². The molecule has 1 unspecified atom stereocenters. The monoisotopic (exact) mass is 257 g/mol. The van der Waals surface area contributed by atoms with Crippen LogP contribution in [0.4, 0.5) is 5.95 Å². The maximum absolute atomic E-state index is 5.61. The van der Waals surface area contributed by atoms with Crippen molar-refractivity contribution in [2.45, 2.75) is 13.0 Å². The lowest BCUT2D eigenvalue weighted by Gasteiger charge is -2.12. The van der Waals surface area contributed by atoms with Crippen LogP contribution in [-0.4, -0.2) is 23.2 Å². The number of hydrogen-bond acceptors (Lipinski definition) is 5. The lowest BCUT2D eigenvalue weighted by Crippen LogP contribution is -2.14. The molecule has 2 aromatic rings. The Labute approximate surface area is 111 Å². The minimum Gasteiger partial charge on any atom is -0.491 e. The molecule has 5 nitrogen and oxygen atoms in total. The first-order chi connectivity index (χ1) is 9.36. The molecule has 0 radical (unpaired) electrons. The largest absolute Gasteiger partial charge is 0.491 e. The molecule has 1 aliphatic rings. The topological polar surface area (TPSA) is 56.3 Å². The molecule has 0 saturated carbocycles. The van der Waals surface area contributed by atoms with Crippen LogP contribution in [0.25, 0.3) is 0 Å². The van der Waals surface area contributed by atoms with Crippen LogP contribution in [0.3, 0.4) is 0 Å². The Morgan fingerprint density at radius 1 is 1.37 bits per heavy atom. The molecule has 1 aromatic carbocycles. The molecule has 1 N–H and O–H groups in total. The molecule has 0 saturated heterocycles. The second-order valence-corrected chi connectivity index (χ2v) is 4.20. The normalized spacial score (nSPS) is 16.6. The van der Waals surface area contributed by atoms with E-state index in [9.17, 15) is 0 Å². The highest BCUT2D eigenvalue weighted by molar-refractivity contribution is 5.44. The van der Waals surface area contributed by atoms with E-state index < -0.39 is 0 Å². The van der Waals surface area contributed by atoms with Gasteiger partial charge in [-0.25, -0.2) is 4.98 Å². The molecule has 2 heterocycles. The van der Waals surface area contributed by atoms with Gasteiger partial charge in [-0.2, -0.15) is 4.98 Å². The van der Waals surface area contributed by atoms with E-state index in [0.29, 0.717) is 25.0 Å². The van der Waals surface area contributed by atoms with Gasteiger partial charge < -0.3 is 14.8 Å². The molecule has 1 aromatic heterocycles. The van der Waals surface area contributed by atoms with Gasteiger partial charge in [0, 0.05) is 17.8 Å². The van der Waals surface area contributed by atoms with Gasteiger partial charge in [-0.3, -0.25) is 0 Å². The second kappa shape index (κ2) is 5.14. The van der Waals surface area contributed by atoms with Gasteiger partial charge in [-0.1, -0.05) is 18.2 Å². The molecule has 0 amide bonds. The van der Waals surface area contributed by atoms with Crippen LogP contribution >= 0.6 is 0 Å². The Kier molecular flexibility index (Phi) is 3.18. The van der Waals surface area contributed by atoms with E-state index in [2.05, 4.69) is 15.3 Å². The number of para-hydroxylation sites is 1. The van der Waals surface area contributed by atoms with Crippen molar-refractivity contribution < 1.29 is 9.47 Å². The fourth-order valence-electron chi connectivity index (χ4n) is 2.08. The molecule has 5 heteroatoms. The number of hydrogen-bond donors (Lipinski definition) is 1. The zero-order valence-electron chi connectivity index (χ0n) is 10.7. The van der Waals surface area contributed by atoms with Crippen LogP contribution in [0.2, 0.25) is 0 Å². The molecular formula is C14H15N3O2. The van der Waals surface area contributed by atoms with Crippen molar-refractivity contribution in [2.75, 3.05) is 18.5 Å². The highest BCUT2D eigenvalue weighted by Crippen LogP contribution is 2.33. The van der Waals surface area contributed by atoms with E-state index in [1.54, 1.807) is 12.3 Å². The zero-order chi connectivity index (χ0) is 13.1. The number of rotatable bonds is 4. The van der Waals surface area contributed by atoms with Gasteiger partial charge in [-0.15, -0.1) is 0 Å². The van der Waals surface area contributed by atoms with Gasteiger partial charge in [0.2, 0.25) is 11.8 Å². The summed E-state index contributed by atoms with van der Waals surface area (Å²) in [5.74, 6) is 2.05. The molecule has 0 fully saturated rings. The van der Waals surface area contributed by atoms with Crippen LogP contribution < -0.4 is 14.8 Å². The lowest BCUT2D eigenvalue weighted by atomic mass is 10.1. The van der Waals surface area contributed by atoms with E-state index in [1.807, 2.05) is 31.2 Å². The maximum Gasteiger partial charge on any atom is 0.226 e. The number of nitrogens with one attached hydrogen (secondary N) is 1. The molecule has 19 heavy (non-hydrogen) atoms. The third-order valence-corrected chi connectivity index (χ3v) is 2.93. The van der Waals surface area contributed by atoms with E-state index in [4.69, 9.17) is 9.47 Å².